The average molecular weight is 694 g/mol. The number of nitrogens with zero attached hydrogens (tertiary/aromatic N) is 5. The number of anilines is 3. The number of pyridine rings is 1. The van der Waals surface area contributed by atoms with Gasteiger partial charge < -0.3 is 30.3 Å². The number of hydrogen-bond acceptors (Lipinski definition) is 8. The van der Waals surface area contributed by atoms with Gasteiger partial charge in [0.2, 0.25) is 0 Å². The predicted octanol–water partition coefficient (Wildman–Crippen LogP) is 6.64. The van der Waals surface area contributed by atoms with E-state index >= 15 is 0 Å². The van der Waals surface area contributed by atoms with Crippen molar-refractivity contribution >= 4 is 62.6 Å². The molecular formula is C36H35N7O6S. The van der Waals surface area contributed by atoms with Crippen LogP contribution in [0.2, 0.25) is 0 Å². The zero-order chi connectivity index (χ0) is 35.7. The van der Waals surface area contributed by atoms with Crippen LogP contribution in [0.3, 0.4) is 0 Å². The first-order valence-electron chi connectivity index (χ1n) is 15.9. The van der Waals surface area contributed by atoms with E-state index in [1.54, 1.807) is 37.1 Å². The molecule has 14 heteroatoms. The van der Waals surface area contributed by atoms with Crippen molar-refractivity contribution in [2.45, 2.75) is 45.2 Å². The van der Waals surface area contributed by atoms with E-state index in [2.05, 4.69) is 15.6 Å². The summed E-state index contributed by atoms with van der Waals surface area (Å²) in [6.07, 6.45) is 2.94. The summed E-state index contributed by atoms with van der Waals surface area (Å²) in [5.74, 6) is 0.371. The van der Waals surface area contributed by atoms with Crippen LogP contribution in [0.5, 0.6) is 11.5 Å². The van der Waals surface area contributed by atoms with Gasteiger partial charge >= 0.3 is 12.1 Å². The van der Waals surface area contributed by atoms with Crippen molar-refractivity contribution in [3.05, 3.63) is 82.9 Å². The summed E-state index contributed by atoms with van der Waals surface area (Å²) >= 11 is 1.16. The molecule has 0 bridgehead atoms. The molecule has 5 amide bonds. The van der Waals surface area contributed by atoms with Gasteiger partial charge in [0.05, 0.1) is 28.0 Å². The maximum absolute atomic E-state index is 13.8. The number of thiophene rings is 1. The van der Waals surface area contributed by atoms with E-state index in [1.807, 2.05) is 55.5 Å². The smallest absolute Gasteiger partial charge is 0.407 e. The molecule has 1 unspecified atom stereocenters. The Labute approximate surface area is 292 Å². The van der Waals surface area contributed by atoms with Gasteiger partial charge in [-0.3, -0.25) is 14.5 Å². The Morgan fingerprint density at radius 3 is 2.62 bits per heavy atom. The fourth-order valence-electron chi connectivity index (χ4n) is 6.09. The SMILES string of the molecule is Cc1cc(Oc2ccccc2)ccc1N1C(=O)Nc2c(C(=O)NC3CCCN(C(=O)/C(C#N)=C/C(C)(C)N(C)C(=O)O)C3)sc3nccc1c23. The average Bonchev–Trinajstić information content (AvgIpc) is 3.47. The van der Waals surface area contributed by atoms with Crippen molar-refractivity contribution < 1.29 is 29.0 Å². The second-order valence-electron chi connectivity index (χ2n) is 12.7. The number of para-hydroxylation sites is 1. The molecule has 4 heterocycles. The number of carbonyl (C=O) groups is 4. The van der Waals surface area contributed by atoms with Gasteiger partial charge in [-0.15, -0.1) is 11.3 Å². The van der Waals surface area contributed by atoms with E-state index < -0.39 is 35.5 Å². The summed E-state index contributed by atoms with van der Waals surface area (Å²) in [5.41, 5.74) is 1.13. The van der Waals surface area contributed by atoms with Crippen LogP contribution in [0.25, 0.3) is 10.2 Å². The predicted molar refractivity (Wildman–Crippen MR) is 189 cm³/mol. The lowest BCUT2D eigenvalue weighted by Gasteiger charge is -2.34. The van der Waals surface area contributed by atoms with E-state index in [9.17, 15) is 29.5 Å². The Morgan fingerprint density at radius 1 is 1.16 bits per heavy atom. The molecule has 50 heavy (non-hydrogen) atoms. The molecule has 0 spiro atoms. The maximum Gasteiger partial charge on any atom is 0.407 e. The zero-order valence-electron chi connectivity index (χ0n) is 27.9. The number of ether oxygens (including phenoxy) is 1. The molecule has 2 aromatic carbocycles. The lowest BCUT2D eigenvalue weighted by atomic mass is 9.98. The number of nitriles is 1. The number of carbonyl (C=O) groups excluding carboxylic acids is 3. The number of aryl methyl sites for hydroxylation is 1. The summed E-state index contributed by atoms with van der Waals surface area (Å²) in [7, 11) is 1.37. The standard InChI is InChI=1S/C36H35N7O6S/c1-21-17-25(49-24-10-6-5-7-11-24)12-13-26(21)43-27-14-15-38-32-28(27)29(40-34(43)46)30(50-32)31(44)39-23-9-8-16-42(20-23)33(45)22(19-37)18-36(2,3)41(4)35(47)48/h5-7,10-15,17-18,23H,8-9,16,20H2,1-4H3,(H,39,44)(H,40,46)(H,47,48)/b22-18+. The molecule has 0 radical (unpaired) electrons. The molecule has 1 atom stereocenters. The minimum Gasteiger partial charge on any atom is -0.465 e. The number of urea groups is 1. The van der Waals surface area contributed by atoms with E-state index in [0.29, 0.717) is 58.2 Å². The monoisotopic (exact) mass is 693 g/mol. The van der Waals surface area contributed by atoms with Crippen molar-refractivity contribution in [3.63, 3.8) is 0 Å². The molecule has 0 saturated carbocycles. The van der Waals surface area contributed by atoms with Crippen LogP contribution in [0.1, 0.15) is 41.9 Å². The highest BCUT2D eigenvalue weighted by molar-refractivity contribution is 7.21. The number of rotatable bonds is 8. The van der Waals surface area contributed by atoms with Gasteiger partial charge in [0.1, 0.15) is 32.8 Å². The molecule has 2 aliphatic heterocycles. The van der Waals surface area contributed by atoms with Crippen LogP contribution < -0.4 is 20.3 Å². The molecule has 6 rings (SSSR count). The number of nitrogens with one attached hydrogen (secondary N) is 2. The maximum atomic E-state index is 13.8. The molecule has 0 aliphatic carbocycles. The lowest BCUT2D eigenvalue weighted by Crippen LogP contribution is -2.50. The Balaban J connectivity index is 1.21. The summed E-state index contributed by atoms with van der Waals surface area (Å²) in [5, 5.41) is 25.7. The lowest BCUT2D eigenvalue weighted by molar-refractivity contribution is -0.128. The molecule has 2 aliphatic rings. The molecule has 1 fully saturated rings. The Bertz CT molecular complexity index is 2090. The molecule has 4 aromatic rings. The van der Waals surface area contributed by atoms with Gasteiger partial charge in [0, 0.05) is 32.4 Å². The number of amides is 5. The summed E-state index contributed by atoms with van der Waals surface area (Å²) in [6, 6.07) is 17.7. The van der Waals surface area contributed by atoms with Crippen molar-refractivity contribution in [1.82, 2.24) is 20.1 Å². The summed E-state index contributed by atoms with van der Waals surface area (Å²) in [6.45, 7) is 5.63. The van der Waals surface area contributed by atoms with Gasteiger partial charge in [-0.2, -0.15) is 5.26 Å². The minimum atomic E-state index is -1.19. The van der Waals surface area contributed by atoms with Crippen LogP contribution in [-0.2, 0) is 4.79 Å². The Morgan fingerprint density at radius 2 is 1.92 bits per heavy atom. The Hall–Kier alpha value is -5.94. The molecule has 256 valence electrons. The highest BCUT2D eigenvalue weighted by Crippen LogP contribution is 2.46. The van der Waals surface area contributed by atoms with Crippen LogP contribution in [-0.4, -0.2) is 75.5 Å². The molecule has 1 saturated heterocycles. The number of aromatic nitrogens is 1. The third-order valence-electron chi connectivity index (χ3n) is 8.88. The van der Waals surface area contributed by atoms with E-state index in [1.165, 1.54) is 18.0 Å². The molecule has 13 nitrogen and oxygen atoms in total. The largest absolute Gasteiger partial charge is 0.465 e. The quantitative estimate of drug-likeness (QED) is 0.136. The second kappa shape index (κ2) is 13.5. The first kappa shape index (κ1) is 33.9. The van der Waals surface area contributed by atoms with Crippen molar-refractivity contribution in [3.8, 4) is 17.6 Å². The fourth-order valence-corrected chi connectivity index (χ4v) is 7.11. The van der Waals surface area contributed by atoms with Crippen molar-refractivity contribution in [2.75, 3.05) is 30.4 Å². The summed E-state index contributed by atoms with van der Waals surface area (Å²) < 4.78 is 5.98. The minimum absolute atomic E-state index is 0.159. The van der Waals surface area contributed by atoms with Crippen LogP contribution in [0, 0.1) is 18.3 Å². The van der Waals surface area contributed by atoms with Crippen molar-refractivity contribution in [1.29, 1.82) is 5.26 Å². The van der Waals surface area contributed by atoms with Crippen LogP contribution in [0.15, 0.2) is 72.4 Å². The normalized spacial score (nSPS) is 16.0. The molecule has 3 N–H and O–H groups in total. The first-order valence-corrected chi connectivity index (χ1v) is 16.8. The van der Waals surface area contributed by atoms with E-state index in [4.69, 9.17) is 4.74 Å². The summed E-state index contributed by atoms with van der Waals surface area (Å²) in [4.78, 5) is 61.8. The highest BCUT2D eigenvalue weighted by atomic mass is 32.1. The number of carboxylic acid groups (broad SMARTS) is 1. The van der Waals surface area contributed by atoms with Gasteiger partial charge in [-0.25, -0.2) is 14.6 Å². The third-order valence-corrected chi connectivity index (χ3v) is 9.98. The Kier molecular flexibility index (Phi) is 9.18. The van der Waals surface area contributed by atoms with Gasteiger partial charge in [-0.05, 0) is 81.7 Å². The number of likely N-dealkylation sites (tertiary alicyclic amines) is 1. The first-order chi connectivity index (χ1) is 23.9. The second-order valence-corrected chi connectivity index (χ2v) is 13.7. The number of hydrogen-bond donors (Lipinski definition) is 3. The highest BCUT2D eigenvalue weighted by Gasteiger charge is 2.35. The van der Waals surface area contributed by atoms with Crippen molar-refractivity contribution in [2.24, 2.45) is 0 Å². The molecular weight excluding hydrogens is 659 g/mol. The fraction of sp³-hybridized carbons (Fsp3) is 0.278. The van der Waals surface area contributed by atoms with Gasteiger partial charge in [0.15, 0.2) is 0 Å². The zero-order valence-corrected chi connectivity index (χ0v) is 28.7. The van der Waals surface area contributed by atoms with Crippen LogP contribution >= 0.6 is 11.3 Å². The van der Waals surface area contributed by atoms with E-state index in [0.717, 1.165) is 21.8 Å². The van der Waals surface area contributed by atoms with Crippen LogP contribution in [0.4, 0.5) is 26.7 Å². The third kappa shape index (κ3) is 6.55. The molecule has 2 aromatic heterocycles. The van der Waals surface area contributed by atoms with Gasteiger partial charge in [-0.1, -0.05) is 18.2 Å². The number of piperidine rings is 1. The topological polar surface area (TPSA) is 168 Å². The van der Waals surface area contributed by atoms with Gasteiger partial charge in [0.25, 0.3) is 11.8 Å². The van der Waals surface area contributed by atoms with E-state index in [-0.39, 0.29) is 17.0 Å². The number of likely N-dealkylation sites (N-methyl/N-ethyl adjacent to an activating group) is 1. The number of benzene rings is 2.